The van der Waals surface area contributed by atoms with Crippen LogP contribution in [-0.2, 0) is 0 Å². The van der Waals surface area contributed by atoms with Crippen LogP contribution in [-0.4, -0.2) is 36.6 Å². The number of rotatable bonds is 2. The monoisotopic (exact) mass is 236 g/mol. The van der Waals surface area contributed by atoms with E-state index >= 15 is 0 Å². The molecule has 0 spiro atoms. The van der Waals surface area contributed by atoms with Gasteiger partial charge in [0, 0.05) is 25.2 Å². The Morgan fingerprint density at radius 3 is 2.88 bits per heavy atom. The van der Waals surface area contributed by atoms with Gasteiger partial charge in [-0.3, -0.25) is 4.90 Å². The lowest BCUT2D eigenvalue weighted by Gasteiger charge is -2.39. The fraction of sp³-hybridized carbons (Fsp3) is 1.00. The first-order chi connectivity index (χ1) is 8.24. The van der Waals surface area contributed by atoms with E-state index in [1.807, 2.05) is 0 Å². The van der Waals surface area contributed by atoms with Gasteiger partial charge in [-0.15, -0.1) is 0 Å². The van der Waals surface area contributed by atoms with Crippen LogP contribution in [0.3, 0.4) is 0 Å². The van der Waals surface area contributed by atoms with Gasteiger partial charge in [-0.1, -0.05) is 13.3 Å². The topological polar surface area (TPSA) is 15.3 Å². The Morgan fingerprint density at radius 2 is 2.00 bits per heavy atom. The molecule has 2 nitrogen and oxygen atoms in total. The molecule has 0 bridgehead atoms. The van der Waals surface area contributed by atoms with Crippen LogP contribution in [0.15, 0.2) is 0 Å². The minimum absolute atomic E-state index is 0.801. The molecule has 2 heteroatoms. The van der Waals surface area contributed by atoms with Gasteiger partial charge < -0.3 is 5.32 Å². The van der Waals surface area contributed by atoms with E-state index in [0.29, 0.717) is 0 Å². The molecule has 1 aliphatic carbocycles. The molecule has 1 N–H and O–H groups in total. The molecule has 0 aromatic carbocycles. The predicted molar refractivity (Wildman–Crippen MR) is 72.1 cm³/mol. The largest absolute Gasteiger partial charge is 0.312 e. The van der Waals surface area contributed by atoms with E-state index in [9.17, 15) is 0 Å². The summed E-state index contributed by atoms with van der Waals surface area (Å²) in [4.78, 5) is 2.76. The second-order valence-electron chi connectivity index (χ2n) is 6.86. The first-order valence-corrected chi connectivity index (χ1v) is 7.71. The zero-order valence-electron chi connectivity index (χ0n) is 11.5. The molecule has 17 heavy (non-hydrogen) atoms. The summed E-state index contributed by atoms with van der Waals surface area (Å²) in [5, 5.41) is 3.80. The van der Waals surface area contributed by atoms with E-state index in [2.05, 4.69) is 24.1 Å². The number of piperidine rings is 1. The van der Waals surface area contributed by atoms with Crippen LogP contribution in [0.2, 0.25) is 0 Å². The fourth-order valence-corrected chi connectivity index (χ4v) is 4.39. The number of likely N-dealkylation sites (tertiary alicyclic amines) is 1. The van der Waals surface area contributed by atoms with Crippen molar-refractivity contribution in [3.8, 4) is 0 Å². The van der Waals surface area contributed by atoms with Crippen molar-refractivity contribution in [1.29, 1.82) is 0 Å². The summed E-state index contributed by atoms with van der Waals surface area (Å²) >= 11 is 0. The summed E-state index contributed by atoms with van der Waals surface area (Å²) < 4.78 is 0. The van der Waals surface area contributed by atoms with E-state index in [1.165, 1.54) is 51.7 Å². The van der Waals surface area contributed by atoms with Gasteiger partial charge in [0.2, 0.25) is 0 Å². The lowest BCUT2D eigenvalue weighted by molar-refractivity contribution is 0.107. The average Bonchev–Trinajstić information content (AvgIpc) is 2.88. The van der Waals surface area contributed by atoms with Crippen LogP contribution >= 0.6 is 0 Å². The van der Waals surface area contributed by atoms with Crippen LogP contribution in [0.25, 0.3) is 0 Å². The standard InChI is InChI=1S/C15H28N2/c1-11-6-7-12(2)17(9-11)10-15-14-5-3-4-13(14)8-16-15/h11-16H,3-10H2,1-2H3. The zero-order valence-corrected chi connectivity index (χ0v) is 11.5. The molecule has 0 aromatic heterocycles. The molecule has 0 radical (unpaired) electrons. The molecule has 0 amide bonds. The number of hydrogen-bond acceptors (Lipinski definition) is 2. The highest BCUT2D eigenvalue weighted by Crippen LogP contribution is 2.38. The summed E-state index contributed by atoms with van der Waals surface area (Å²) in [6, 6.07) is 1.61. The van der Waals surface area contributed by atoms with E-state index in [-0.39, 0.29) is 0 Å². The molecule has 2 aliphatic heterocycles. The molecule has 3 rings (SSSR count). The van der Waals surface area contributed by atoms with Gasteiger partial charge >= 0.3 is 0 Å². The summed E-state index contributed by atoms with van der Waals surface area (Å²) in [5.41, 5.74) is 0. The Labute approximate surface area is 106 Å². The number of fused-ring (bicyclic) bond motifs is 1. The normalized spacial score (nSPS) is 47.3. The number of nitrogens with one attached hydrogen (secondary N) is 1. The average molecular weight is 236 g/mol. The highest BCUT2D eigenvalue weighted by Gasteiger charge is 2.40. The minimum Gasteiger partial charge on any atom is -0.312 e. The highest BCUT2D eigenvalue weighted by atomic mass is 15.2. The third-order valence-electron chi connectivity index (χ3n) is 5.55. The van der Waals surface area contributed by atoms with Crippen molar-refractivity contribution in [3.63, 3.8) is 0 Å². The third kappa shape index (κ3) is 2.39. The quantitative estimate of drug-likeness (QED) is 0.792. The van der Waals surface area contributed by atoms with E-state index in [0.717, 1.165) is 29.8 Å². The highest BCUT2D eigenvalue weighted by molar-refractivity contribution is 4.96. The maximum atomic E-state index is 3.80. The van der Waals surface area contributed by atoms with Crippen molar-refractivity contribution in [3.05, 3.63) is 0 Å². The molecule has 3 aliphatic rings. The maximum absolute atomic E-state index is 3.80. The molecule has 5 atom stereocenters. The Balaban J connectivity index is 1.58. The summed E-state index contributed by atoms with van der Waals surface area (Å²) in [6.45, 7) is 8.78. The van der Waals surface area contributed by atoms with E-state index in [1.54, 1.807) is 0 Å². The van der Waals surface area contributed by atoms with Crippen LogP contribution in [0, 0.1) is 17.8 Å². The number of hydrogen-bond donors (Lipinski definition) is 1. The Morgan fingerprint density at radius 1 is 1.12 bits per heavy atom. The third-order valence-corrected chi connectivity index (χ3v) is 5.55. The van der Waals surface area contributed by atoms with Gasteiger partial charge in [-0.05, 0) is 56.9 Å². The van der Waals surface area contributed by atoms with Gasteiger partial charge in [0.1, 0.15) is 0 Å². The first-order valence-electron chi connectivity index (χ1n) is 7.71. The molecule has 5 unspecified atom stereocenters. The molecular formula is C15H28N2. The van der Waals surface area contributed by atoms with Crippen LogP contribution in [0.1, 0.15) is 46.0 Å². The predicted octanol–water partition coefficient (Wildman–Crippen LogP) is 2.49. The summed E-state index contributed by atoms with van der Waals surface area (Å²) in [5.74, 6) is 2.92. The molecule has 0 aromatic rings. The van der Waals surface area contributed by atoms with Gasteiger partial charge in [0.05, 0.1) is 0 Å². The van der Waals surface area contributed by atoms with Gasteiger partial charge in [-0.2, -0.15) is 0 Å². The molecule has 2 saturated heterocycles. The molecule has 3 fully saturated rings. The van der Waals surface area contributed by atoms with E-state index in [4.69, 9.17) is 0 Å². The molecule has 2 heterocycles. The Kier molecular flexibility index (Phi) is 3.45. The van der Waals surface area contributed by atoms with Crippen molar-refractivity contribution in [2.75, 3.05) is 19.6 Å². The number of nitrogens with zero attached hydrogens (tertiary/aromatic N) is 1. The molecule has 1 saturated carbocycles. The summed E-state index contributed by atoms with van der Waals surface area (Å²) in [6.07, 6.45) is 7.30. The van der Waals surface area contributed by atoms with Gasteiger partial charge in [-0.25, -0.2) is 0 Å². The van der Waals surface area contributed by atoms with Crippen LogP contribution in [0.4, 0.5) is 0 Å². The maximum Gasteiger partial charge on any atom is 0.0226 e. The van der Waals surface area contributed by atoms with Crippen LogP contribution < -0.4 is 5.32 Å². The summed E-state index contributed by atoms with van der Waals surface area (Å²) in [7, 11) is 0. The van der Waals surface area contributed by atoms with E-state index < -0.39 is 0 Å². The molecular weight excluding hydrogens is 208 g/mol. The van der Waals surface area contributed by atoms with Crippen molar-refractivity contribution in [2.24, 2.45) is 17.8 Å². The molecule has 98 valence electrons. The smallest absolute Gasteiger partial charge is 0.0226 e. The van der Waals surface area contributed by atoms with Crippen molar-refractivity contribution < 1.29 is 0 Å². The zero-order chi connectivity index (χ0) is 11.8. The van der Waals surface area contributed by atoms with Crippen LogP contribution in [0.5, 0.6) is 0 Å². The Hall–Kier alpha value is -0.0800. The fourth-order valence-electron chi connectivity index (χ4n) is 4.39. The minimum atomic E-state index is 0.801. The lowest BCUT2D eigenvalue weighted by atomic mass is 9.91. The second-order valence-corrected chi connectivity index (χ2v) is 6.86. The van der Waals surface area contributed by atoms with Gasteiger partial charge in [0.25, 0.3) is 0 Å². The van der Waals surface area contributed by atoms with Gasteiger partial charge in [0.15, 0.2) is 0 Å². The van der Waals surface area contributed by atoms with Crippen molar-refractivity contribution in [2.45, 2.75) is 58.0 Å². The van der Waals surface area contributed by atoms with Crippen molar-refractivity contribution in [1.82, 2.24) is 10.2 Å². The SMILES string of the molecule is CC1CCC(C)N(CC2NCC3CCCC32)C1. The first kappa shape index (κ1) is 12.0. The van der Waals surface area contributed by atoms with Crippen molar-refractivity contribution >= 4 is 0 Å². The lowest BCUT2D eigenvalue weighted by Crippen LogP contribution is -2.48. The second kappa shape index (κ2) is 4.89. The Bertz CT molecular complexity index is 266.